The van der Waals surface area contributed by atoms with Crippen LogP contribution in [-0.4, -0.2) is 39.9 Å². The summed E-state index contributed by atoms with van der Waals surface area (Å²) in [5.41, 5.74) is 2.21. The molecule has 1 aromatic heterocycles. The molecule has 0 radical (unpaired) electrons. The lowest BCUT2D eigenvalue weighted by atomic mass is 10.1. The van der Waals surface area contributed by atoms with Crippen molar-refractivity contribution >= 4 is 17.5 Å². The van der Waals surface area contributed by atoms with Crippen molar-refractivity contribution in [1.82, 2.24) is 20.2 Å². The van der Waals surface area contributed by atoms with Crippen molar-refractivity contribution < 1.29 is 4.79 Å². The lowest BCUT2D eigenvalue weighted by Crippen LogP contribution is -2.41. The topological polar surface area (TPSA) is 58.1 Å². The highest BCUT2D eigenvalue weighted by Crippen LogP contribution is 2.19. The third kappa shape index (κ3) is 2.47. The first kappa shape index (κ1) is 11.9. The van der Waals surface area contributed by atoms with Crippen LogP contribution in [-0.2, 0) is 17.8 Å². The maximum atomic E-state index is 11.2. The minimum atomic E-state index is 0.174. The molecule has 6 heteroatoms. The Kier molecular flexibility index (Phi) is 3.18. The Hall–Kier alpha value is -1.20. The fourth-order valence-electron chi connectivity index (χ4n) is 2.63. The zero-order valence-corrected chi connectivity index (χ0v) is 10.8. The number of hydrogen-bond acceptors (Lipinski definition) is 4. The summed E-state index contributed by atoms with van der Waals surface area (Å²) in [5.74, 6) is 0.174. The molecule has 0 aromatic carbocycles. The van der Waals surface area contributed by atoms with Gasteiger partial charge in [-0.2, -0.15) is 0 Å². The van der Waals surface area contributed by atoms with E-state index < -0.39 is 0 Å². The average Bonchev–Trinajstić information content (AvgIpc) is 2.75. The Balaban J connectivity index is 1.64. The number of halogens is 1. The van der Waals surface area contributed by atoms with Gasteiger partial charge in [0.1, 0.15) is 0 Å². The number of nitrogens with zero attached hydrogens (tertiary/aromatic N) is 3. The van der Waals surface area contributed by atoms with Crippen molar-refractivity contribution in [3.63, 3.8) is 0 Å². The quantitative estimate of drug-likeness (QED) is 0.804. The van der Waals surface area contributed by atoms with E-state index in [1.807, 2.05) is 6.20 Å². The molecule has 0 spiro atoms. The van der Waals surface area contributed by atoms with Gasteiger partial charge in [0.15, 0.2) is 0 Å². The zero-order chi connectivity index (χ0) is 12.5. The van der Waals surface area contributed by atoms with Gasteiger partial charge in [-0.15, -0.1) is 0 Å². The molecule has 2 aliphatic rings. The molecule has 1 N–H and O–H groups in total. The summed E-state index contributed by atoms with van der Waals surface area (Å²) < 4.78 is 0. The van der Waals surface area contributed by atoms with Gasteiger partial charge in [-0.1, -0.05) is 0 Å². The van der Waals surface area contributed by atoms with Crippen LogP contribution in [0.2, 0.25) is 5.28 Å². The fraction of sp³-hybridized carbons (Fsp3) is 0.583. The minimum Gasteiger partial charge on any atom is -0.352 e. The second-order valence-electron chi connectivity index (χ2n) is 4.90. The smallest absolute Gasteiger partial charge is 0.222 e. The van der Waals surface area contributed by atoms with Crippen molar-refractivity contribution in [3.8, 4) is 0 Å². The summed E-state index contributed by atoms with van der Waals surface area (Å²) in [4.78, 5) is 21.8. The van der Waals surface area contributed by atoms with Gasteiger partial charge in [-0.3, -0.25) is 9.69 Å². The monoisotopic (exact) mass is 266 g/mol. The van der Waals surface area contributed by atoms with Gasteiger partial charge in [0.2, 0.25) is 11.2 Å². The maximum Gasteiger partial charge on any atom is 0.222 e. The van der Waals surface area contributed by atoms with Crippen LogP contribution in [0.3, 0.4) is 0 Å². The van der Waals surface area contributed by atoms with E-state index in [1.165, 1.54) is 0 Å². The Morgan fingerprint density at radius 3 is 3.17 bits per heavy atom. The SMILES string of the molecule is O=C1CCC(CN2CCc3nc(Cl)ncc3C2)N1. The first-order valence-corrected chi connectivity index (χ1v) is 6.60. The zero-order valence-electron chi connectivity index (χ0n) is 10.0. The highest BCUT2D eigenvalue weighted by molar-refractivity contribution is 6.28. The summed E-state index contributed by atoms with van der Waals surface area (Å²) in [6, 6.07) is 0.298. The number of hydrogen-bond donors (Lipinski definition) is 1. The highest BCUT2D eigenvalue weighted by Gasteiger charge is 2.25. The van der Waals surface area contributed by atoms with Gasteiger partial charge < -0.3 is 5.32 Å². The summed E-state index contributed by atoms with van der Waals surface area (Å²) in [5, 5.41) is 3.33. The summed E-state index contributed by atoms with van der Waals surface area (Å²) in [7, 11) is 0. The molecule has 1 atom stereocenters. The Morgan fingerprint density at radius 1 is 1.50 bits per heavy atom. The summed E-state index contributed by atoms with van der Waals surface area (Å²) in [6.07, 6.45) is 4.31. The van der Waals surface area contributed by atoms with E-state index in [0.717, 1.165) is 43.7 Å². The number of nitrogens with one attached hydrogen (secondary N) is 1. The van der Waals surface area contributed by atoms with E-state index in [2.05, 4.69) is 20.2 Å². The lowest BCUT2D eigenvalue weighted by Gasteiger charge is -2.29. The third-order valence-corrected chi connectivity index (χ3v) is 3.73. The fourth-order valence-corrected chi connectivity index (χ4v) is 2.78. The molecule has 1 amide bonds. The van der Waals surface area contributed by atoms with Gasteiger partial charge in [0, 0.05) is 50.3 Å². The van der Waals surface area contributed by atoms with Crippen LogP contribution >= 0.6 is 11.6 Å². The van der Waals surface area contributed by atoms with Gasteiger partial charge in [0.05, 0.1) is 5.69 Å². The Labute approximate surface area is 111 Å². The number of aromatic nitrogens is 2. The number of rotatable bonds is 2. The number of fused-ring (bicyclic) bond motifs is 1. The van der Waals surface area contributed by atoms with Crippen molar-refractivity contribution in [3.05, 3.63) is 22.7 Å². The number of carbonyl (C=O) groups excluding carboxylic acids is 1. The van der Waals surface area contributed by atoms with E-state index in [0.29, 0.717) is 17.7 Å². The standard InChI is InChI=1S/C12H15ClN4O/c13-12-14-5-8-6-17(4-3-10(8)16-12)7-9-1-2-11(18)15-9/h5,9H,1-4,6-7H2,(H,15,18). The summed E-state index contributed by atoms with van der Waals surface area (Å²) >= 11 is 5.78. The predicted octanol–water partition coefficient (Wildman–Crippen LogP) is 0.767. The van der Waals surface area contributed by atoms with E-state index in [9.17, 15) is 4.79 Å². The van der Waals surface area contributed by atoms with E-state index >= 15 is 0 Å². The minimum absolute atomic E-state index is 0.174. The highest BCUT2D eigenvalue weighted by atomic mass is 35.5. The van der Waals surface area contributed by atoms with Gasteiger partial charge in [0.25, 0.3) is 0 Å². The molecular weight excluding hydrogens is 252 g/mol. The molecule has 96 valence electrons. The first-order chi connectivity index (χ1) is 8.70. The van der Waals surface area contributed by atoms with Gasteiger partial charge >= 0.3 is 0 Å². The van der Waals surface area contributed by atoms with Crippen LogP contribution < -0.4 is 5.32 Å². The third-order valence-electron chi connectivity index (χ3n) is 3.55. The Bertz CT molecular complexity index is 479. The molecule has 2 aliphatic heterocycles. The lowest BCUT2D eigenvalue weighted by molar-refractivity contribution is -0.119. The molecule has 1 unspecified atom stereocenters. The first-order valence-electron chi connectivity index (χ1n) is 6.23. The van der Waals surface area contributed by atoms with Gasteiger partial charge in [-0.05, 0) is 18.0 Å². The molecule has 1 saturated heterocycles. The molecule has 0 bridgehead atoms. The van der Waals surface area contributed by atoms with Crippen LogP contribution in [0.25, 0.3) is 0 Å². The molecule has 1 aromatic rings. The van der Waals surface area contributed by atoms with Crippen molar-refractivity contribution in [2.75, 3.05) is 13.1 Å². The van der Waals surface area contributed by atoms with E-state index in [1.54, 1.807) is 0 Å². The van der Waals surface area contributed by atoms with Crippen molar-refractivity contribution in [2.24, 2.45) is 0 Å². The molecule has 3 rings (SSSR count). The molecule has 1 fully saturated rings. The summed E-state index contributed by atoms with van der Waals surface area (Å²) in [6.45, 7) is 2.72. The van der Waals surface area contributed by atoms with Crippen LogP contribution in [0.4, 0.5) is 0 Å². The van der Waals surface area contributed by atoms with Crippen LogP contribution in [0.15, 0.2) is 6.20 Å². The van der Waals surface area contributed by atoms with Crippen LogP contribution in [0, 0.1) is 0 Å². The second kappa shape index (κ2) is 4.82. The van der Waals surface area contributed by atoms with E-state index in [-0.39, 0.29) is 5.91 Å². The van der Waals surface area contributed by atoms with Crippen LogP contribution in [0.5, 0.6) is 0 Å². The molecule has 0 saturated carbocycles. The molecule has 3 heterocycles. The molecule has 18 heavy (non-hydrogen) atoms. The van der Waals surface area contributed by atoms with E-state index in [4.69, 9.17) is 11.6 Å². The number of amides is 1. The number of carbonyl (C=O) groups is 1. The maximum absolute atomic E-state index is 11.2. The largest absolute Gasteiger partial charge is 0.352 e. The van der Waals surface area contributed by atoms with Crippen LogP contribution in [0.1, 0.15) is 24.1 Å². The van der Waals surface area contributed by atoms with Gasteiger partial charge in [-0.25, -0.2) is 9.97 Å². The van der Waals surface area contributed by atoms with Crippen molar-refractivity contribution in [2.45, 2.75) is 31.8 Å². The predicted molar refractivity (Wildman–Crippen MR) is 67.2 cm³/mol. The molecular formula is C12H15ClN4O. The average molecular weight is 267 g/mol. The Morgan fingerprint density at radius 2 is 2.39 bits per heavy atom. The molecule has 5 nitrogen and oxygen atoms in total. The second-order valence-corrected chi connectivity index (χ2v) is 5.24. The normalized spacial score (nSPS) is 23.8. The van der Waals surface area contributed by atoms with Crippen molar-refractivity contribution in [1.29, 1.82) is 0 Å². The molecule has 0 aliphatic carbocycles.